The molecule has 1 aliphatic rings. The maximum absolute atomic E-state index is 12.3. The molecular weight excluding hydrogens is 292 g/mol. The number of benzene rings is 1. The van der Waals surface area contributed by atoms with Gasteiger partial charge in [-0.2, -0.15) is 0 Å². The minimum atomic E-state index is -0.846. The van der Waals surface area contributed by atoms with Gasteiger partial charge in [0, 0.05) is 23.6 Å². The first-order chi connectivity index (χ1) is 11.2. The van der Waals surface area contributed by atoms with Crippen molar-refractivity contribution in [2.45, 2.75) is 32.1 Å². The van der Waals surface area contributed by atoms with Crippen LogP contribution in [0.4, 0.5) is 0 Å². The molecule has 0 radical (unpaired) electrons. The van der Waals surface area contributed by atoms with Crippen LogP contribution in [-0.4, -0.2) is 28.5 Å². The third-order valence-electron chi connectivity index (χ3n) is 4.79. The van der Waals surface area contributed by atoms with E-state index in [1.54, 1.807) is 0 Å². The molecule has 1 aromatic carbocycles. The molecule has 3 rings (SSSR count). The van der Waals surface area contributed by atoms with Gasteiger partial charge in [0.05, 0.1) is 11.8 Å². The molecule has 0 unspecified atom stereocenters. The second-order valence-corrected chi connectivity index (χ2v) is 6.24. The number of carboxylic acids is 1. The van der Waals surface area contributed by atoms with Crippen molar-refractivity contribution < 1.29 is 14.7 Å². The van der Waals surface area contributed by atoms with Crippen molar-refractivity contribution in [1.29, 1.82) is 0 Å². The molecule has 1 saturated carbocycles. The summed E-state index contributed by atoms with van der Waals surface area (Å²) in [5, 5.41) is 13.4. The van der Waals surface area contributed by atoms with Crippen LogP contribution >= 0.6 is 0 Å². The fourth-order valence-corrected chi connectivity index (χ4v) is 3.53. The van der Waals surface area contributed by atoms with Crippen molar-refractivity contribution in [2.75, 3.05) is 6.54 Å². The summed E-state index contributed by atoms with van der Waals surface area (Å²) in [6.45, 7) is 0.531. The average molecular weight is 314 g/mol. The third kappa shape index (κ3) is 3.38. The summed E-state index contributed by atoms with van der Waals surface area (Å²) < 4.78 is 0. The Balaban J connectivity index is 1.57. The minimum Gasteiger partial charge on any atom is -0.481 e. The summed E-state index contributed by atoms with van der Waals surface area (Å²) >= 11 is 0. The summed E-state index contributed by atoms with van der Waals surface area (Å²) in [6.07, 6.45) is 5.82. The molecule has 5 heteroatoms. The number of para-hydroxylation sites is 1. The lowest BCUT2D eigenvalue weighted by Gasteiger charge is -2.27. The van der Waals surface area contributed by atoms with E-state index in [1.807, 2.05) is 24.4 Å². The van der Waals surface area contributed by atoms with Crippen LogP contribution in [-0.2, 0) is 16.0 Å². The number of carbonyl (C=O) groups excluding carboxylic acids is 1. The van der Waals surface area contributed by atoms with Gasteiger partial charge in [-0.1, -0.05) is 31.0 Å². The highest BCUT2D eigenvalue weighted by Gasteiger charge is 2.35. The number of amides is 1. The highest BCUT2D eigenvalue weighted by molar-refractivity contribution is 5.85. The van der Waals surface area contributed by atoms with Crippen molar-refractivity contribution in [1.82, 2.24) is 10.3 Å². The van der Waals surface area contributed by atoms with E-state index < -0.39 is 11.9 Å². The van der Waals surface area contributed by atoms with Crippen molar-refractivity contribution >= 4 is 22.8 Å². The first kappa shape index (κ1) is 15.6. The monoisotopic (exact) mass is 314 g/mol. The topological polar surface area (TPSA) is 82.2 Å². The van der Waals surface area contributed by atoms with Gasteiger partial charge in [0.25, 0.3) is 0 Å². The predicted octanol–water partition coefficient (Wildman–Crippen LogP) is 2.72. The third-order valence-corrected chi connectivity index (χ3v) is 4.79. The second-order valence-electron chi connectivity index (χ2n) is 6.24. The first-order valence-corrected chi connectivity index (χ1v) is 8.22. The van der Waals surface area contributed by atoms with E-state index in [4.69, 9.17) is 0 Å². The standard InChI is InChI=1S/C18H22N2O3/c21-17(14-6-1-2-7-15(14)18(22)23)19-10-9-12-11-20-16-8-4-3-5-13(12)16/h3-5,8,11,14-15,20H,1-2,6-7,9-10H2,(H,19,21)(H,22,23)/t14-,15-/m0/s1. The van der Waals surface area contributed by atoms with Crippen LogP contribution in [0, 0.1) is 11.8 Å². The zero-order valence-corrected chi connectivity index (χ0v) is 13.0. The maximum Gasteiger partial charge on any atom is 0.307 e. The van der Waals surface area contributed by atoms with Crippen LogP contribution in [0.15, 0.2) is 30.5 Å². The zero-order valence-electron chi connectivity index (χ0n) is 13.0. The minimum absolute atomic E-state index is 0.114. The van der Waals surface area contributed by atoms with Crippen LogP contribution < -0.4 is 5.32 Å². The molecule has 122 valence electrons. The van der Waals surface area contributed by atoms with Crippen LogP contribution in [0.25, 0.3) is 10.9 Å². The van der Waals surface area contributed by atoms with Crippen LogP contribution in [0.2, 0.25) is 0 Å². The van der Waals surface area contributed by atoms with Crippen LogP contribution in [0.1, 0.15) is 31.2 Å². The molecule has 1 heterocycles. The van der Waals surface area contributed by atoms with E-state index in [9.17, 15) is 14.7 Å². The highest BCUT2D eigenvalue weighted by atomic mass is 16.4. The van der Waals surface area contributed by atoms with E-state index in [2.05, 4.69) is 16.4 Å². The highest BCUT2D eigenvalue weighted by Crippen LogP contribution is 2.30. The number of rotatable bonds is 5. The molecule has 1 aliphatic carbocycles. The Bertz CT molecular complexity index is 707. The molecule has 23 heavy (non-hydrogen) atoms. The van der Waals surface area contributed by atoms with Gasteiger partial charge in [0.1, 0.15) is 0 Å². The Hall–Kier alpha value is -2.30. The largest absolute Gasteiger partial charge is 0.481 e. The summed E-state index contributed by atoms with van der Waals surface area (Å²) in [7, 11) is 0. The number of aliphatic carboxylic acids is 1. The van der Waals surface area contributed by atoms with Gasteiger partial charge in [-0.3, -0.25) is 9.59 Å². The predicted molar refractivity (Wildman–Crippen MR) is 88.1 cm³/mol. The molecule has 5 nitrogen and oxygen atoms in total. The number of aromatic amines is 1. The molecule has 0 bridgehead atoms. The number of carbonyl (C=O) groups is 2. The van der Waals surface area contributed by atoms with E-state index >= 15 is 0 Å². The van der Waals surface area contributed by atoms with E-state index in [0.717, 1.165) is 24.8 Å². The summed E-state index contributed by atoms with van der Waals surface area (Å²) in [5.74, 6) is -1.88. The molecule has 0 aliphatic heterocycles. The number of H-pyrrole nitrogens is 1. The number of carboxylic acid groups (broad SMARTS) is 1. The Morgan fingerprint density at radius 1 is 1.17 bits per heavy atom. The molecule has 3 N–H and O–H groups in total. The summed E-state index contributed by atoms with van der Waals surface area (Å²) in [5.41, 5.74) is 2.26. The molecule has 0 spiro atoms. The van der Waals surface area contributed by atoms with Crippen LogP contribution in [0.5, 0.6) is 0 Å². The Morgan fingerprint density at radius 3 is 2.70 bits per heavy atom. The second kappa shape index (κ2) is 6.86. The lowest BCUT2D eigenvalue weighted by atomic mass is 9.78. The van der Waals surface area contributed by atoms with E-state index in [1.165, 1.54) is 10.9 Å². The fraction of sp³-hybridized carbons (Fsp3) is 0.444. The normalized spacial score (nSPS) is 21.2. The summed E-state index contributed by atoms with van der Waals surface area (Å²) in [6, 6.07) is 8.07. The van der Waals surface area contributed by atoms with Gasteiger partial charge < -0.3 is 15.4 Å². The first-order valence-electron chi connectivity index (χ1n) is 8.22. The molecular formula is C18H22N2O3. The van der Waals surface area contributed by atoms with Gasteiger partial charge in [-0.15, -0.1) is 0 Å². The van der Waals surface area contributed by atoms with E-state index in [-0.39, 0.29) is 11.8 Å². The van der Waals surface area contributed by atoms with Gasteiger partial charge in [0.2, 0.25) is 5.91 Å². The lowest BCUT2D eigenvalue weighted by Crippen LogP contribution is -2.40. The van der Waals surface area contributed by atoms with Crippen molar-refractivity contribution in [3.63, 3.8) is 0 Å². The molecule has 1 aromatic heterocycles. The Morgan fingerprint density at radius 2 is 1.91 bits per heavy atom. The molecule has 2 aromatic rings. The van der Waals surface area contributed by atoms with Crippen molar-refractivity contribution in [2.24, 2.45) is 11.8 Å². The smallest absolute Gasteiger partial charge is 0.307 e. The number of hydrogen-bond acceptors (Lipinski definition) is 2. The molecule has 0 saturated heterocycles. The Labute approximate surface area is 135 Å². The maximum atomic E-state index is 12.3. The van der Waals surface area contributed by atoms with Gasteiger partial charge in [-0.25, -0.2) is 0 Å². The number of hydrogen-bond donors (Lipinski definition) is 3. The Kier molecular flexibility index (Phi) is 4.65. The van der Waals surface area contributed by atoms with E-state index in [0.29, 0.717) is 19.4 Å². The van der Waals surface area contributed by atoms with Crippen LogP contribution in [0.3, 0.4) is 0 Å². The van der Waals surface area contributed by atoms with Gasteiger partial charge in [-0.05, 0) is 30.9 Å². The van der Waals surface area contributed by atoms with Gasteiger partial charge >= 0.3 is 5.97 Å². The number of nitrogens with one attached hydrogen (secondary N) is 2. The molecule has 1 fully saturated rings. The quantitative estimate of drug-likeness (QED) is 0.793. The van der Waals surface area contributed by atoms with Gasteiger partial charge in [0.15, 0.2) is 0 Å². The number of aromatic nitrogens is 1. The lowest BCUT2D eigenvalue weighted by molar-refractivity contribution is -0.148. The number of fused-ring (bicyclic) bond motifs is 1. The van der Waals surface area contributed by atoms with Crippen molar-refractivity contribution in [3.8, 4) is 0 Å². The van der Waals surface area contributed by atoms with Crippen molar-refractivity contribution in [3.05, 3.63) is 36.0 Å². The SMILES string of the molecule is O=C(O)[C@H]1CCCC[C@@H]1C(=O)NCCc1c[nH]c2ccccc12. The zero-order chi connectivity index (χ0) is 16.2. The molecule has 1 amide bonds. The average Bonchev–Trinajstić information content (AvgIpc) is 2.98. The fourth-order valence-electron chi connectivity index (χ4n) is 3.53. The summed E-state index contributed by atoms with van der Waals surface area (Å²) in [4.78, 5) is 26.8. The molecule has 2 atom stereocenters.